The SMILES string of the molecule is CCn1cc(C)nc1C[Si](OC)(OC)OC. The molecule has 16 heavy (non-hydrogen) atoms. The fourth-order valence-electron chi connectivity index (χ4n) is 1.67. The van der Waals surface area contributed by atoms with E-state index in [1.165, 1.54) is 0 Å². The molecule has 1 aromatic heterocycles. The predicted molar refractivity (Wildman–Crippen MR) is 63.1 cm³/mol. The van der Waals surface area contributed by atoms with Crippen LogP contribution in [0.5, 0.6) is 0 Å². The second-order valence-electron chi connectivity index (χ2n) is 3.56. The first-order valence-corrected chi connectivity index (χ1v) is 7.22. The van der Waals surface area contributed by atoms with Gasteiger partial charge in [0, 0.05) is 34.1 Å². The maximum atomic E-state index is 5.39. The smallest absolute Gasteiger partial charge is 0.377 e. The first-order chi connectivity index (χ1) is 7.60. The minimum absolute atomic E-state index is 0.595. The summed E-state index contributed by atoms with van der Waals surface area (Å²) >= 11 is 0. The van der Waals surface area contributed by atoms with Gasteiger partial charge >= 0.3 is 8.80 Å². The number of nitrogens with zero attached hydrogens (tertiary/aromatic N) is 2. The molecule has 1 heterocycles. The molecule has 0 unspecified atom stereocenters. The number of hydrogen-bond donors (Lipinski definition) is 0. The quantitative estimate of drug-likeness (QED) is 0.705. The first-order valence-electron chi connectivity index (χ1n) is 5.29. The van der Waals surface area contributed by atoms with Gasteiger partial charge in [0.15, 0.2) is 0 Å². The molecule has 0 bridgehead atoms. The molecule has 0 fully saturated rings. The van der Waals surface area contributed by atoms with Crippen LogP contribution in [0.2, 0.25) is 0 Å². The largest absolute Gasteiger partial charge is 0.507 e. The van der Waals surface area contributed by atoms with Crippen LogP contribution in [0, 0.1) is 6.92 Å². The van der Waals surface area contributed by atoms with Crippen molar-refractivity contribution in [1.82, 2.24) is 9.55 Å². The zero-order valence-electron chi connectivity index (χ0n) is 10.6. The van der Waals surface area contributed by atoms with Crippen molar-refractivity contribution in [3.63, 3.8) is 0 Å². The molecule has 0 saturated heterocycles. The lowest BCUT2D eigenvalue weighted by atomic mass is 10.6. The van der Waals surface area contributed by atoms with Crippen LogP contribution in [-0.2, 0) is 25.9 Å². The van der Waals surface area contributed by atoms with Crippen molar-refractivity contribution >= 4 is 8.80 Å². The highest BCUT2D eigenvalue weighted by Gasteiger charge is 2.39. The zero-order valence-corrected chi connectivity index (χ0v) is 11.6. The standard InChI is InChI=1S/C10H20N2O3Si/c1-6-12-7-9(2)11-10(12)8-16(13-3,14-4)15-5/h7H,6,8H2,1-5H3. The number of imidazole rings is 1. The molecule has 0 saturated carbocycles. The molecule has 92 valence electrons. The van der Waals surface area contributed by atoms with E-state index in [2.05, 4.69) is 16.5 Å². The predicted octanol–water partition coefficient (Wildman–Crippen LogP) is 1.17. The normalized spacial score (nSPS) is 12.1. The Hall–Kier alpha value is -0.693. The van der Waals surface area contributed by atoms with Crippen molar-refractivity contribution in [3.8, 4) is 0 Å². The molecule has 0 spiro atoms. The summed E-state index contributed by atoms with van der Waals surface area (Å²) in [6, 6.07) is 0.595. The fraction of sp³-hybridized carbons (Fsp3) is 0.700. The van der Waals surface area contributed by atoms with E-state index in [0.717, 1.165) is 18.1 Å². The Balaban J connectivity index is 2.92. The topological polar surface area (TPSA) is 45.5 Å². The van der Waals surface area contributed by atoms with Gasteiger partial charge in [-0.1, -0.05) is 0 Å². The Morgan fingerprint density at radius 3 is 2.25 bits per heavy atom. The molecule has 1 aromatic rings. The minimum Gasteiger partial charge on any atom is -0.377 e. The van der Waals surface area contributed by atoms with Crippen LogP contribution in [-0.4, -0.2) is 39.7 Å². The van der Waals surface area contributed by atoms with Gasteiger partial charge in [-0.05, 0) is 13.8 Å². The lowest BCUT2D eigenvalue weighted by Gasteiger charge is -2.24. The second kappa shape index (κ2) is 5.58. The second-order valence-corrected chi connectivity index (χ2v) is 6.50. The van der Waals surface area contributed by atoms with Gasteiger partial charge in [0.05, 0.1) is 11.7 Å². The van der Waals surface area contributed by atoms with E-state index in [-0.39, 0.29) is 0 Å². The molecule has 1 rings (SSSR count). The Kier molecular flexibility index (Phi) is 4.66. The molecule has 0 amide bonds. The third-order valence-corrected chi connectivity index (χ3v) is 5.24. The minimum atomic E-state index is -2.58. The monoisotopic (exact) mass is 244 g/mol. The summed E-state index contributed by atoms with van der Waals surface area (Å²) in [5.41, 5.74) is 1.00. The average molecular weight is 244 g/mol. The fourth-order valence-corrected chi connectivity index (χ4v) is 3.27. The van der Waals surface area contributed by atoms with E-state index >= 15 is 0 Å². The van der Waals surface area contributed by atoms with Crippen molar-refractivity contribution < 1.29 is 13.3 Å². The van der Waals surface area contributed by atoms with Crippen molar-refractivity contribution in [2.24, 2.45) is 0 Å². The van der Waals surface area contributed by atoms with Gasteiger partial charge in [0.25, 0.3) is 0 Å². The van der Waals surface area contributed by atoms with Crippen LogP contribution >= 0.6 is 0 Å². The summed E-state index contributed by atoms with van der Waals surface area (Å²) in [6.45, 7) is 4.95. The molecule has 5 nitrogen and oxygen atoms in total. The van der Waals surface area contributed by atoms with Crippen molar-refractivity contribution in [2.75, 3.05) is 21.3 Å². The molecule has 0 atom stereocenters. The highest BCUT2D eigenvalue weighted by Crippen LogP contribution is 2.14. The molecule has 0 aromatic carbocycles. The Morgan fingerprint density at radius 1 is 1.25 bits per heavy atom. The molecule has 0 N–H and O–H groups in total. The summed E-state index contributed by atoms with van der Waals surface area (Å²) in [5.74, 6) is 0.956. The van der Waals surface area contributed by atoms with Gasteiger partial charge in [-0.15, -0.1) is 0 Å². The molecule has 0 aliphatic heterocycles. The van der Waals surface area contributed by atoms with Crippen molar-refractivity contribution in [3.05, 3.63) is 17.7 Å². The summed E-state index contributed by atoms with van der Waals surface area (Å²) in [5, 5.41) is 0. The molecular weight excluding hydrogens is 224 g/mol. The van der Waals surface area contributed by atoms with Gasteiger partial charge in [-0.2, -0.15) is 0 Å². The van der Waals surface area contributed by atoms with Crippen LogP contribution < -0.4 is 0 Å². The Labute approximate surface area is 97.7 Å². The van der Waals surface area contributed by atoms with E-state index in [9.17, 15) is 0 Å². The van der Waals surface area contributed by atoms with E-state index < -0.39 is 8.80 Å². The van der Waals surface area contributed by atoms with Crippen molar-refractivity contribution in [1.29, 1.82) is 0 Å². The van der Waals surface area contributed by atoms with Crippen LogP contribution in [0.1, 0.15) is 18.4 Å². The highest BCUT2D eigenvalue weighted by molar-refractivity contribution is 6.59. The van der Waals surface area contributed by atoms with Gasteiger partial charge in [-0.25, -0.2) is 4.98 Å². The van der Waals surface area contributed by atoms with E-state index in [1.807, 2.05) is 13.1 Å². The number of rotatable bonds is 6. The van der Waals surface area contributed by atoms with Crippen LogP contribution in [0.3, 0.4) is 0 Å². The lowest BCUT2D eigenvalue weighted by molar-refractivity contribution is 0.121. The molecule has 0 aliphatic rings. The molecule has 0 radical (unpaired) electrons. The van der Waals surface area contributed by atoms with Gasteiger partial charge < -0.3 is 17.8 Å². The summed E-state index contributed by atoms with van der Waals surface area (Å²) in [6.07, 6.45) is 2.02. The van der Waals surface area contributed by atoms with Crippen LogP contribution in [0.25, 0.3) is 0 Å². The van der Waals surface area contributed by atoms with E-state index in [4.69, 9.17) is 13.3 Å². The first kappa shape index (κ1) is 13.4. The molecule has 0 aliphatic carbocycles. The Morgan fingerprint density at radius 2 is 1.81 bits per heavy atom. The Bertz CT molecular complexity index is 329. The maximum absolute atomic E-state index is 5.39. The van der Waals surface area contributed by atoms with Crippen molar-refractivity contribution in [2.45, 2.75) is 26.4 Å². The van der Waals surface area contributed by atoms with E-state index in [1.54, 1.807) is 21.3 Å². The maximum Gasteiger partial charge on any atom is 0.507 e. The number of aryl methyl sites for hydroxylation is 2. The van der Waals surface area contributed by atoms with Gasteiger partial charge in [0.1, 0.15) is 5.82 Å². The lowest BCUT2D eigenvalue weighted by Crippen LogP contribution is -2.46. The average Bonchev–Trinajstić information content (AvgIpc) is 2.66. The zero-order chi connectivity index (χ0) is 12.2. The number of hydrogen-bond acceptors (Lipinski definition) is 4. The van der Waals surface area contributed by atoms with E-state index in [0.29, 0.717) is 6.04 Å². The van der Waals surface area contributed by atoms with Crippen LogP contribution in [0.4, 0.5) is 0 Å². The highest BCUT2D eigenvalue weighted by atomic mass is 28.4. The summed E-state index contributed by atoms with van der Waals surface area (Å²) < 4.78 is 18.3. The third-order valence-electron chi connectivity index (χ3n) is 2.63. The molecule has 6 heteroatoms. The van der Waals surface area contributed by atoms with Crippen LogP contribution in [0.15, 0.2) is 6.20 Å². The summed E-state index contributed by atoms with van der Waals surface area (Å²) in [7, 11) is 2.27. The number of aromatic nitrogens is 2. The van der Waals surface area contributed by atoms with Gasteiger partial charge in [0.2, 0.25) is 0 Å². The molecular formula is C10H20N2O3Si. The summed E-state index contributed by atoms with van der Waals surface area (Å²) in [4.78, 5) is 4.47. The third kappa shape index (κ3) is 2.70. The van der Waals surface area contributed by atoms with Gasteiger partial charge in [-0.3, -0.25) is 0 Å².